The average Bonchev–Trinajstić information content (AvgIpc) is 3.41. The zero-order valence-corrected chi connectivity index (χ0v) is 19.0. The van der Waals surface area contributed by atoms with Gasteiger partial charge in [0.15, 0.2) is 0 Å². The lowest BCUT2D eigenvalue weighted by molar-refractivity contribution is -0.146. The zero-order chi connectivity index (χ0) is 22.8. The second-order valence-corrected chi connectivity index (χ2v) is 10.1. The van der Waals surface area contributed by atoms with Crippen LogP contribution in [0.1, 0.15) is 65.7 Å². The van der Waals surface area contributed by atoms with Crippen LogP contribution in [-0.2, 0) is 23.9 Å². The van der Waals surface area contributed by atoms with Crippen LogP contribution in [0.5, 0.6) is 0 Å². The van der Waals surface area contributed by atoms with Gasteiger partial charge in [0.05, 0.1) is 7.11 Å². The van der Waals surface area contributed by atoms with Crippen molar-refractivity contribution in [2.75, 3.05) is 20.2 Å². The topological polar surface area (TPSA) is 114 Å². The maximum atomic E-state index is 13.3. The van der Waals surface area contributed by atoms with E-state index in [1.54, 1.807) is 20.8 Å². The van der Waals surface area contributed by atoms with E-state index >= 15 is 0 Å². The van der Waals surface area contributed by atoms with Gasteiger partial charge in [-0.25, -0.2) is 9.59 Å². The number of rotatable bonds is 5. The fourth-order valence-corrected chi connectivity index (χ4v) is 5.07. The third kappa shape index (κ3) is 5.49. The molecule has 3 fully saturated rings. The molecule has 0 aromatic rings. The number of hydrogen-bond acceptors (Lipinski definition) is 6. The van der Waals surface area contributed by atoms with E-state index in [0.29, 0.717) is 25.9 Å². The third-order valence-corrected chi connectivity index (χ3v) is 6.59. The Bertz CT molecular complexity index is 725. The van der Waals surface area contributed by atoms with Crippen molar-refractivity contribution in [3.8, 4) is 0 Å². The fraction of sp³-hybridized carbons (Fsp3) is 0.818. The van der Waals surface area contributed by atoms with Crippen LogP contribution >= 0.6 is 0 Å². The van der Waals surface area contributed by atoms with Crippen molar-refractivity contribution < 1.29 is 28.7 Å². The predicted octanol–water partition coefficient (Wildman–Crippen LogP) is 1.74. The predicted molar refractivity (Wildman–Crippen MR) is 112 cm³/mol. The number of methoxy groups -OCH3 is 1. The third-order valence-electron chi connectivity index (χ3n) is 6.59. The van der Waals surface area contributed by atoms with Crippen LogP contribution in [-0.4, -0.2) is 66.7 Å². The summed E-state index contributed by atoms with van der Waals surface area (Å²) < 4.78 is 10.4. The number of carbonyl (C=O) groups excluding carboxylic acids is 4. The summed E-state index contributed by atoms with van der Waals surface area (Å²) in [7, 11) is 1.26. The first-order valence-electron chi connectivity index (χ1n) is 11.2. The van der Waals surface area contributed by atoms with Crippen LogP contribution in [0.2, 0.25) is 0 Å². The molecular formula is C22H35N3O6. The largest absolute Gasteiger partial charge is 0.467 e. The molecule has 0 radical (unpaired) electrons. The number of nitrogens with one attached hydrogen (secondary N) is 2. The Morgan fingerprint density at radius 3 is 2.48 bits per heavy atom. The number of ether oxygens (including phenoxy) is 2. The van der Waals surface area contributed by atoms with Gasteiger partial charge in [0.1, 0.15) is 17.7 Å². The molecule has 174 valence electrons. The van der Waals surface area contributed by atoms with Gasteiger partial charge in [-0.1, -0.05) is 12.8 Å². The molecule has 3 atom stereocenters. The molecule has 31 heavy (non-hydrogen) atoms. The summed E-state index contributed by atoms with van der Waals surface area (Å²) >= 11 is 0. The lowest BCUT2D eigenvalue weighted by Crippen LogP contribution is -2.52. The molecule has 2 aliphatic heterocycles. The van der Waals surface area contributed by atoms with Gasteiger partial charge >= 0.3 is 12.1 Å². The minimum Gasteiger partial charge on any atom is -0.467 e. The Labute approximate surface area is 183 Å². The fourth-order valence-electron chi connectivity index (χ4n) is 5.07. The first kappa shape index (κ1) is 23.3. The molecule has 3 amide bonds. The molecule has 0 bridgehead atoms. The van der Waals surface area contributed by atoms with E-state index in [1.165, 1.54) is 12.0 Å². The van der Waals surface area contributed by atoms with Crippen LogP contribution in [0.25, 0.3) is 0 Å². The van der Waals surface area contributed by atoms with E-state index in [1.807, 2.05) is 0 Å². The quantitative estimate of drug-likeness (QED) is 0.634. The van der Waals surface area contributed by atoms with Gasteiger partial charge < -0.3 is 20.1 Å². The SMILES string of the molecule is COC(=O)C(C[C@@H]1CCNC1=O)NC(=O)[C@@H]1CC2(CCCC2)CN1C(=O)OC(C)(C)C. The van der Waals surface area contributed by atoms with Crippen molar-refractivity contribution in [1.29, 1.82) is 0 Å². The molecule has 0 aromatic carbocycles. The van der Waals surface area contributed by atoms with Gasteiger partial charge in [-0.15, -0.1) is 0 Å². The normalized spacial score (nSPS) is 25.9. The summed E-state index contributed by atoms with van der Waals surface area (Å²) in [4.78, 5) is 52.0. The molecule has 1 spiro atoms. The van der Waals surface area contributed by atoms with E-state index < -0.39 is 35.7 Å². The number of hydrogen-bond donors (Lipinski definition) is 2. The minimum atomic E-state index is -0.938. The molecule has 9 nitrogen and oxygen atoms in total. The van der Waals surface area contributed by atoms with Crippen LogP contribution in [0.15, 0.2) is 0 Å². The number of carbonyl (C=O) groups is 4. The van der Waals surface area contributed by atoms with Crippen LogP contribution in [0.3, 0.4) is 0 Å². The summed E-state index contributed by atoms with van der Waals surface area (Å²) in [6.45, 7) is 6.42. The highest BCUT2D eigenvalue weighted by molar-refractivity contribution is 5.91. The van der Waals surface area contributed by atoms with E-state index in [-0.39, 0.29) is 23.7 Å². The zero-order valence-electron chi connectivity index (χ0n) is 19.0. The van der Waals surface area contributed by atoms with Crippen molar-refractivity contribution in [1.82, 2.24) is 15.5 Å². The summed E-state index contributed by atoms with van der Waals surface area (Å²) in [5.74, 6) is -1.46. The molecule has 3 rings (SSSR count). The molecular weight excluding hydrogens is 402 g/mol. The number of likely N-dealkylation sites (tertiary alicyclic amines) is 1. The maximum Gasteiger partial charge on any atom is 0.410 e. The maximum absolute atomic E-state index is 13.3. The number of esters is 1. The average molecular weight is 438 g/mol. The van der Waals surface area contributed by atoms with Crippen molar-refractivity contribution in [3.63, 3.8) is 0 Å². The molecule has 1 saturated carbocycles. The molecule has 9 heteroatoms. The van der Waals surface area contributed by atoms with Gasteiger partial charge in [0, 0.05) is 19.0 Å². The van der Waals surface area contributed by atoms with Gasteiger partial charge in [0.25, 0.3) is 0 Å². The van der Waals surface area contributed by atoms with Crippen LogP contribution < -0.4 is 10.6 Å². The lowest BCUT2D eigenvalue weighted by Gasteiger charge is -2.29. The van der Waals surface area contributed by atoms with Crippen LogP contribution in [0.4, 0.5) is 4.79 Å². The Kier molecular flexibility index (Phi) is 6.81. The second kappa shape index (κ2) is 9.04. The molecule has 2 heterocycles. The summed E-state index contributed by atoms with van der Waals surface area (Å²) in [6.07, 6.45) is 4.93. The standard InChI is InChI=1S/C22H35N3O6/c1-21(2,3)31-20(29)25-13-22(8-5-6-9-22)12-16(25)18(27)24-15(19(28)30-4)11-14-7-10-23-17(14)26/h14-16H,5-13H2,1-4H3,(H,23,26)(H,24,27)/t14-,15?,16-/m0/s1. The molecule has 1 unspecified atom stereocenters. The van der Waals surface area contributed by atoms with E-state index in [9.17, 15) is 19.2 Å². The smallest absolute Gasteiger partial charge is 0.410 e. The highest BCUT2D eigenvalue weighted by Gasteiger charge is 2.51. The summed E-state index contributed by atoms with van der Waals surface area (Å²) in [5.41, 5.74) is -0.751. The Morgan fingerprint density at radius 1 is 1.26 bits per heavy atom. The van der Waals surface area contributed by atoms with Crippen molar-refractivity contribution in [2.45, 2.75) is 83.4 Å². The van der Waals surface area contributed by atoms with Crippen LogP contribution in [0, 0.1) is 11.3 Å². The van der Waals surface area contributed by atoms with Gasteiger partial charge in [-0.05, 0) is 58.3 Å². The first-order valence-corrected chi connectivity index (χ1v) is 11.2. The molecule has 2 N–H and O–H groups in total. The van der Waals surface area contributed by atoms with Gasteiger partial charge in [-0.3, -0.25) is 14.5 Å². The molecule has 0 aromatic heterocycles. The van der Waals surface area contributed by atoms with Gasteiger partial charge in [0.2, 0.25) is 11.8 Å². The minimum absolute atomic E-state index is 0.0784. The van der Waals surface area contributed by atoms with Crippen molar-refractivity contribution >= 4 is 23.9 Å². The lowest BCUT2D eigenvalue weighted by atomic mass is 9.84. The van der Waals surface area contributed by atoms with E-state index in [2.05, 4.69) is 10.6 Å². The molecule has 1 aliphatic carbocycles. The molecule has 3 aliphatic rings. The molecule has 2 saturated heterocycles. The first-order chi connectivity index (χ1) is 14.5. The van der Waals surface area contributed by atoms with Crippen molar-refractivity contribution in [3.05, 3.63) is 0 Å². The monoisotopic (exact) mass is 437 g/mol. The number of amides is 3. The Hall–Kier alpha value is -2.32. The van der Waals surface area contributed by atoms with Crippen molar-refractivity contribution in [2.24, 2.45) is 11.3 Å². The van der Waals surface area contributed by atoms with E-state index in [4.69, 9.17) is 9.47 Å². The van der Waals surface area contributed by atoms with Gasteiger partial charge in [-0.2, -0.15) is 0 Å². The highest BCUT2D eigenvalue weighted by atomic mass is 16.6. The summed E-state index contributed by atoms with van der Waals surface area (Å²) in [6, 6.07) is -1.65. The van der Waals surface area contributed by atoms with E-state index in [0.717, 1.165) is 25.7 Å². The second-order valence-electron chi connectivity index (χ2n) is 10.1. The highest BCUT2D eigenvalue weighted by Crippen LogP contribution is 2.48. The number of nitrogens with zero attached hydrogens (tertiary/aromatic N) is 1. The Balaban J connectivity index is 1.75. The Morgan fingerprint density at radius 2 is 1.94 bits per heavy atom. The summed E-state index contributed by atoms with van der Waals surface area (Å²) in [5, 5.41) is 5.51.